The Morgan fingerprint density at radius 1 is 1.02 bits per heavy atom. The van der Waals surface area contributed by atoms with Gasteiger partial charge in [-0.2, -0.15) is 0 Å². The Balaban J connectivity index is 1.22. The van der Waals surface area contributed by atoms with Crippen LogP contribution in [0.15, 0.2) is 53.1 Å². The van der Waals surface area contributed by atoms with Gasteiger partial charge in [0.15, 0.2) is 0 Å². The number of hydrogen-bond acceptors (Lipinski definition) is 6. The molecule has 0 spiro atoms. The van der Waals surface area contributed by atoms with Crippen molar-refractivity contribution in [1.82, 2.24) is 20.9 Å². The summed E-state index contributed by atoms with van der Waals surface area (Å²) in [6.45, 7) is 3.73. The summed E-state index contributed by atoms with van der Waals surface area (Å²) in [5, 5.41) is 9.66. The van der Waals surface area contributed by atoms with E-state index in [1.807, 2.05) is 55.1 Å². The number of urea groups is 1. The van der Waals surface area contributed by atoms with Crippen LogP contribution in [0.3, 0.4) is 0 Å². The normalized spacial score (nSPS) is 27.1. The Kier molecular flexibility index (Phi) is 7.92. The van der Waals surface area contributed by atoms with Gasteiger partial charge >= 0.3 is 6.03 Å². The molecule has 2 aliphatic carbocycles. The number of hydrogen-bond donors (Lipinski definition) is 3. The van der Waals surface area contributed by atoms with E-state index in [-0.39, 0.29) is 47.1 Å². The topological polar surface area (TPSA) is 113 Å². The quantitative estimate of drug-likeness (QED) is 0.420. The van der Waals surface area contributed by atoms with Crippen molar-refractivity contribution in [2.24, 2.45) is 5.92 Å². The lowest BCUT2D eigenvalue weighted by Gasteiger charge is -2.45. The number of carbonyl (C=O) groups is 3. The molecule has 216 valence electrons. The predicted octanol–water partition coefficient (Wildman–Crippen LogP) is 5.16. The zero-order chi connectivity index (χ0) is 28.5. The Bertz CT molecular complexity index is 1370. The van der Waals surface area contributed by atoms with Crippen LogP contribution < -0.4 is 25.6 Å². The van der Waals surface area contributed by atoms with Crippen molar-refractivity contribution in [2.75, 3.05) is 4.90 Å². The van der Waals surface area contributed by atoms with Crippen LogP contribution in [0.25, 0.3) is 0 Å². The fraction of sp³-hybridized carbons (Fsp3) is 0.484. The van der Waals surface area contributed by atoms with Crippen LogP contribution in [0.5, 0.6) is 11.6 Å². The predicted molar refractivity (Wildman–Crippen MR) is 159 cm³/mol. The van der Waals surface area contributed by atoms with E-state index in [1.54, 1.807) is 17.8 Å². The highest BCUT2D eigenvalue weighted by molar-refractivity contribution is 8.04. The minimum Gasteiger partial charge on any atom is -0.439 e. The molecule has 4 amide bonds. The van der Waals surface area contributed by atoms with Crippen molar-refractivity contribution in [1.29, 1.82) is 0 Å². The van der Waals surface area contributed by atoms with Gasteiger partial charge in [-0.1, -0.05) is 44.4 Å². The van der Waals surface area contributed by atoms with Gasteiger partial charge in [0.1, 0.15) is 5.75 Å². The monoisotopic (exact) mass is 575 g/mol. The fourth-order valence-corrected chi connectivity index (χ4v) is 8.23. The molecule has 2 aromatic rings. The number of para-hydroxylation sites is 1. The summed E-state index contributed by atoms with van der Waals surface area (Å²) in [5.41, 5.74) is 2.22. The van der Waals surface area contributed by atoms with Crippen molar-refractivity contribution in [2.45, 2.75) is 88.6 Å². The van der Waals surface area contributed by atoms with E-state index in [9.17, 15) is 14.4 Å². The van der Waals surface area contributed by atoms with Gasteiger partial charge in [0.2, 0.25) is 11.8 Å². The molecule has 0 radical (unpaired) electrons. The van der Waals surface area contributed by atoms with Gasteiger partial charge in [0.05, 0.1) is 16.3 Å². The van der Waals surface area contributed by atoms with Crippen molar-refractivity contribution >= 4 is 35.3 Å². The van der Waals surface area contributed by atoms with Gasteiger partial charge in [-0.25, -0.2) is 9.78 Å². The summed E-state index contributed by atoms with van der Waals surface area (Å²) >= 11 is 1.60. The molecular weight excluding hydrogens is 538 g/mol. The first-order valence-electron chi connectivity index (χ1n) is 14.7. The van der Waals surface area contributed by atoms with Crippen LogP contribution >= 0.6 is 11.8 Å². The van der Waals surface area contributed by atoms with Gasteiger partial charge in [-0.05, 0) is 50.8 Å². The number of ether oxygens (including phenoxy) is 1. The number of nitrogens with one attached hydrogen (secondary N) is 3. The number of anilines is 1. The second-order valence-electron chi connectivity index (χ2n) is 11.3. The standard InChI is InChI=1S/C31H37N5O4S/c1-3-25(37)33-20-12-7-8-13-21(20)34-30(38)29-28-27-23(14-9-15-24(27)41-29)36(31(39)35-28)22-16-17-26(32-18(22)2)40-19-10-5-4-6-11-19/h4-6,10-11,16-17,20-21,23-24,27H,3,7-9,12-15H2,1-2H3,(H,33,37)(H,34,38)(H,35,39)/t20-,21-,23?,24?,27?/m1/s1. The highest BCUT2D eigenvalue weighted by Crippen LogP contribution is 2.52. The molecule has 1 aromatic carbocycles. The molecule has 10 heteroatoms. The largest absolute Gasteiger partial charge is 0.439 e. The van der Waals surface area contributed by atoms with E-state index >= 15 is 0 Å². The van der Waals surface area contributed by atoms with Crippen LogP contribution in [0.4, 0.5) is 10.5 Å². The van der Waals surface area contributed by atoms with Gasteiger partial charge in [0, 0.05) is 47.5 Å². The van der Waals surface area contributed by atoms with Crippen LogP contribution in [-0.4, -0.2) is 46.2 Å². The van der Waals surface area contributed by atoms with E-state index < -0.39 is 0 Å². The summed E-state index contributed by atoms with van der Waals surface area (Å²) in [6, 6.07) is 12.7. The molecule has 1 saturated heterocycles. The molecule has 4 aliphatic rings. The number of rotatable bonds is 7. The molecule has 2 aliphatic heterocycles. The molecule has 5 atom stereocenters. The number of carbonyl (C=O) groups excluding carboxylic acids is 3. The number of thioether (sulfide) groups is 1. The first-order chi connectivity index (χ1) is 19.9. The van der Waals surface area contributed by atoms with Crippen LogP contribution in [0.2, 0.25) is 0 Å². The average Bonchev–Trinajstić information content (AvgIpc) is 3.35. The lowest BCUT2D eigenvalue weighted by molar-refractivity contribution is -0.123. The second-order valence-corrected chi connectivity index (χ2v) is 12.5. The lowest BCUT2D eigenvalue weighted by Crippen LogP contribution is -2.59. The zero-order valence-electron chi connectivity index (χ0n) is 23.5. The van der Waals surface area contributed by atoms with E-state index in [0.717, 1.165) is 56.3 Å². The Morgan fingerprint density at radius 2 is 1.78 bits per heavy atom. The highest BCUT2D eigenvalue weighted by Gasteiger charge is 2.52. The molecule has 3 unspecified atom stereocenters. The van der Waals surface area contributed by atoms with Crippen LogP contribution in [-0.2, 0) is 9.59 Å². The van der Waals surface area contributed by atoms with E-state index in [0.29, 0.717) is 28.6 Å². The molecule has 1 aromatic heterocycles. The van der Waals surface area contributed by atoms with E-state index in [2.05, 4.69) is 20.9 Å². The third-order valence-electron chi connectivity index (χ3n) is 8.66. The zero-order valence-corrected chi connectivity index (χ0v) is 24.3. The van der Waals surface area contributed by atoms with Gasteiger partial charge < -0.3 is 20.7 Å². The van der Waals surface area contributed by atoms with Crippen molar-refractivity contribution < 1.29 is 19.1 Å². The lowest BCUT2D eigenvalue weighted by atomic mass is 9.79. The first-order valence-corrected chi connectivity index (χ1v) is 15.6. The first kappa shape index (κ1) is 27.6. The third-order valence-corrected chi connectivity index (χ3v) is 10.1. The number of nitrogens with zero attached hydrogens (tertiary/aromatic N) is 2. The number of pyridine rings is 1. The molecule has 3 heterocycles. The number of aromatic nitrogens is 1. The summed E-state index contributed by atoms with van der Waals surface area (Å²) in [6.07, 6.45) is 7.02. The molecule has 0 bridgehead atoms. The smallest absolute Gasteiger partial charge is 0.326 e. The Hall–Kier alpha value is -3.53. The average molecular weight is 576 g/mol. The summed E-state index contributed by atoms with van der Waals surface area (Å²) in [4.78, 5) is 46.5. The maximum Gasteiger partial charge on any atom is 0.326 e. The molecule has 3 fully saturated rings. The number of aryl methyl sites for hydroxylation is 1. The SMILES string of the molecule is CCC(=O)N[C@@H]1CCCC[C@H]1NC(=O)C1=C2NC(=O)N(c3ccc(Oc4ccccc4)nc3C)C3CCCC(S1)C23. The van der Waals surface area contributed by atoms with Gasteiger partial charge in [-0.3, -0.25) is 14.5 Å². The maximum absolute atomic E-state index is 13.7. The Labute approximate surface area is 244 Å². The van der Waals surface area contributed by atoms with Gasteiger partial charge in [0.25, 0.3) is 5.91 Å². The van der Waals surface area contributed by atoms with Gasteiger partial charge in [-0.15, -0.1) is 11.8 Å². The molecular formula is C31H37N5O4S. The van der Waals surface area contributed by atoms with Crippen LogP contribution in [0.1, 0.15) is 64.0 Å². The maximum atomic E-state index is 13.7. The molecule has 2 saturated carbocycles. The molecule has 41 heavy (non-hydrogen) atoms. The summed E-state index contributed by atoms with van der Waals surface area (Å²) in [5.74, 6) is 1.09. The molecule has 9 nitrogen and oxygen atoms in total. The second kappa shape index (κ2) is 11.8. The third kappa shape index (κ3) is 5.54. The van der Waals surface area contributed by atoms with Crippen molar-refractivity contribution in [3.05, 3.63) is 58.8 Å². The number of benzene rings is 1. The minimum atomic E-state index is -0.234. The number of amides is 4. The van der Waals surface area contributed by atoms with E-state index in [4.69, 9.17) is 4.74 Å². The van der Waals surface area contributed by atoms with E-state index in [1.165, 1.54) is 0 Å². The van der Waals surface area contributed by atoms with Crippen molar-refractivity contribution in [3.8, 4) is 11.6 Å². The Morgan fingerprint density at radius 3 is 2.51 bits per heavy atom. The highest BCUT2D eigenvalue weighted by atomic mass is 32.2. The van der Waals surface area contributed by atoms with Crippen molar-refractivity contribution in [3.63, 3.8) is 0 Å². The fourth-order valence-electron chi connectivity index (χ4n) is 6.70. The molecule has 6 rings (SSSR count). The van der Waals surface area contributed by atoms with Crippen LogP contribution in [0, 0.1) is 12.8 Å². The minimum absolute atomic E-state index is 0.00589. The summed E-state index contributed by atoms with van der Waals surface area (Å²) < 4.78 is 5.91. The molecule has 3 N–H and O–H groups in total. The summed E-state index contributed by atoms with van der Waals surface area (Å²) in [7, 11) is 0.